The number of benzene rings is 1. The van der Waals surface area contributed by atoms with Gasteiger partial charge < -0.3 is 0 Å². The van der Waals surface area contributed by atoms with Gasteiger partial charge in [-0.25, -0.2) is 4.39 Å². The topological polar surface area (TPSA) is 52.0 Å². The van der Waals surface area contributed by atoms with Crippen molar-refractivity contribution in [2.75, 3.05) is 13.1 Å². The van der Waals surface area contributed by atoms with Crippen molar-refractivity contribution in [2.24, 2.45) is 5.11 Å². The summed E-state index contributed by atoms with van der Waals surface area (Å²) in [7, 11) is 0. The van der Waals surface area contributed by atoms with Crippen LogP contribution in [0.3, 0.4) is 0 Å². The van der Waals surface area contributed by atoms with Crippen molar-refractivity contribution < 1.29 is 4.39 Å². The van der Waals surface area contributed by atoms with Crippen LogP contribution in [0.5, 0.6) is 0 Å². The summed E-state index contributed by atoms with van der Waals surface area (Å²) < 4.78 is 13.2. The first-order valence-electron chi connectivity index (χ1n) is 5.78. The Hall–Kier alpha value is -1.58. The third-order valence-electron chi connectivity index (χ3n) is 2.92. The molecule has 0 bridgehead atoms. The van der Waals surface area contributed by atoms with Crippen LogP contribution >= 0.6 is 0 Å². The van der Waals surface area contributed by atoms with E-state index in [9.17, 15) is 4.39 Å². The number of alkyl halides is 1. The molecule has 5 heteroatoms. The van der Waals surface area contributed by atoms with Crippen LogP contribution in [0.15, 0.2) is 29.4 Å². The van der Waals surface area contributed by atoms with Gasteiger partial charge in [-0.3, -0.25) is 4.90 Å². The van der Waals surface area contributed by atoms with Crippen molar-refractivity contribution in [3.63, 3.8) is 0 Å². The minimum Gasteiger partial charge on any atom is -0.296 e. The average molecular weight is 234 g/mol. The highest BCUT2D eigenvalue weighted by Gasteiger charge is 2.18. The molecule has 2 rings (SSSR count). The Balaban J connectivity index is 2.02. The summed E-state index contributed by atoms with van der Waals surface area (Å²) in [6, 6.07) is 7.44. The standard InChI is InChI=1S/C12H15FN4/c13-11-4-2-6-17(9-11)8-10-3-1-5-12(7-10)15-16-14/h1,3,5,7,11H,2,4,6,8-9H2. The molecule has 1 atom stereocenters. The van der Waals surface area contributed by atoms with E-state index in [2.05, 4.69) is 14.9 Å². The Kier molecular flexibility index (Phi) is 3.96. The second-order valence-corrected chi connectivity index (χ2v) is 4.33. The summed E-state index contributed by atoms with van der Waals surface area (Å²) in [5, 5.41) is 3.56. The number of azide groups is 1. The van der Waals surface area contributed by atoms with Gasteiger partial charge in [0.15, 0.2) is 0 Å². The fourth-order valence-electron chi connectivity index (χ4n) is 2.17. The van der Waals surface area contributed by atoms with Gasteiger partial charge in [-0.05, 0) is 36.5 Å². The molecule has 0 radical (unpaired) electrons. The third kappa shape index (κ3) is 3.44. The Labute approximate surface area is 99.7 Å². The van der Waals surface area contributed by atoms with Crippen molar-refractivity contribution in [3.8, 4) is 0 Å². The first-order valence-corrected chi connectivity index (χ1v) is 5.78. The summed E-state index contributed by atoms with van der Waals surface area (Å²) in [4.78, 5) is 4.86. The van der Waals surface area contributed by atoms with Crippen LogP contribution < -0.4 is 0 Å². The Morgan fingerprint density at radius 2 is 2.41 bits per heavy atom. The van der Waals surface area contributed by atoms with Gasteiger partial charge in [-0.2, -0.15) is 0 Å². The minimum atomic E-state index is -0.705. The van der Waals surface area contributed by atoms with Crippen molar-refractivity contribution >= 4 is 5.69 Å². The lowest BCUT2D eigenvalue weighted by Gasteiger charge is -2.28. The fourth-order valence-corrected chi connectivity index (χ4v) is 2.17. The van der Waals surface area contributed by atoms with E-state index in [0.717, 1.165) is 25.1 Å². The highest BCUT2D eigenvalue weighted by atomic mass is 19.1. The predicted molar refractivity (Wildman–Crippen MR) is 64.7 cm³/mol. The molecule has 17 heavy (non-hydrogen) atoms. The number of halogens is 1. The smallest absolute Gasteiger partial charge is 0.113 e. The van der Waals surface area contributed by atoms with Crippen molar-refractivity contribution in [1.82, 2.24) is 4.90 Å². The number of likely N-dealkylation sites (tertiary alicyclic amines) is 1. The molecular weight excluding hydrogens is 219 g/mol. The van der Waals surface area contributed by atoms with Gasteiger partial charge in [0.1, 0.15) is 6.17 Å². The van der Waals surface area contributed by atoms with E-state index in [1.165, 1.54) is 0 Å². The van der Waals surface area contributed by atoms with Gasteiger partial charge in [0.05, 0.1) is 0 Å². The zero-order valence-electron chi connectivity index (χ0n) is 9.59. The summed E-state index contributed by atoms with van der Waals surface area (Å²) in [6.07, 6.45) is 0.885. The van der Waals surface area contributed by atoms with Gasteiger partial charge in [0.2, 0.25) is 0 Å². The predicted octanol–water partition coefficient (Wildman–Crippen LogP) is 3.56. The quantitative estimate of drug-likeness (QED) is 0.448. The highest BCUT2D eigenvalue weighted by molar-refractivity contribution is 5.39. The number of piperidine rings is 1. The van der Waals surface area contributed by atoms with Crippen LogP contribution in [0.25, 0.3) is 10.4 Å². The van der Waals surface area contributed by atoms with Gasteiger partial charge in [0, 0.05) is 23.7 Å². The first kappa shape index (κ1) is 11.9. The summed E-state index contributed by atoms with van der Waals surface area (Å²) in [5.41, 5.74) is 10.0. The molecule has 1 aliphatic heterocycles. The van der Waals surface area contributed by atoms with Crippen molar-refractivity contribution in [2.45, 2.75) is 25.6 Å². The monoisotopic (exact) mass is 234 g/mol. The van der Waals surface area contributed by atoms with Gasteiger partial charge in [-0.1, -0.05) is 23.3 Å². The van der Waals surface area contributed by atoms with E-state index < -0.39 is 6.17 Å². The van der Waals surface area contributed by atoms with Crippen LogP contribution in [-0.2, 0) is 6.54 Å². The van der Waals surface area contributed by atoms with E-state index >= 15 is 0 Å². The molecule has 1 heterocycles. The molecule has 1 aromatic carbocycles. The third-order valence-corrected chi connectivity index (χ3v) is 2.92. The van der Waals surface area contributed by atoms with Crippen LogP contribution in [0.4, 0.5) is 10.1 Å². The van der Waals surface area contributed by atoms with Crippen LogP contribution in [0, 0.1) is 0 Å². The highest BCUT2D eigenvalue weighted by Crippen LogP contribution is 2.19. The molecule has 0 aromatic heterocycles. The molecule has 1 fully saturated rings. The maximum absolute atomic E-state index is 13.2. The summed E-state index contributed by atoms with van der Waals surface area (Å²) in [6.45, 7) is 2.16. The molecule has 0 N–H and O–H groups in total. The summed E-state index contributed by atoms with van der Waals surface area (Å²) in [5.74, 6) is 0. The van der Waals surface area contributed by atoms with E-state index in [4.69, 9.17) is 5.53 Å². The second kappa shape index (κ2) is 5.66. The second-order valence-electron chi connectivity index (χ2n) is 4.33. The maximum Gasteiger partial charge on any atom is 0.113 e. The first-order chi connectivity index (χ1) is 8.28. The molecule has 1 unspecified atom stereocenters. The molecule has 1 saturated heterocycles. The number of hydrogen-bond acceptors (Lipinski definition) is 2. The van der Waals surface area contributed by atoms with E-state index in [-0.39, 0.29) is 0 Å². The van der Waals surface area contributed by atoms with Crippen LogP contribution in [-0.4, -0.2) is 24.2 Å². The molecule has 0 saturated carbocycles. The van der Waals surface area contributed by atoms with Crippen molar-refractivity contribution in [3.05, 3.63) is 40.3 Å². The zero-order chi connectivity index (χ0) is 12.1. The number of nitrogens with zero attached hydrogens (tertiary/aromatic N) is 4. The molecule has 0 spiro atoms. The lowest BCUT2D eigenvalue weighted by molar-refractivity contribution is 0.133. The normalized spacial score (nSPS) is 20.9. The molecule has 4 nitrogen and oxygen atoms in total. The van der Waals surface area contributed by atoms with Gasteiger partial charge >= 0.3 is 0 Å². The largest absolute Gasteiger partial charge is 0.296 e. The molecule has 1 aromatic rings. The Bertz CT molecular complexity index is 428. The lowest BCUT2D eigenvalue weighted by atomic mass is 10.1. The van der Waals surface area contributed by atoms with E-state index in [1.807, 2.05) is 18.2 Å². The minimum absolute atomic E-state index is 0.506. The number of rotatable bonds is 3. The van der Waals surface area contributed by atoms with E-state index in [1.54, 1.807) is 6.07 Å². The lowest BCUT2D eigenvalue weighted by Crippen LogP contribution is -2.35. The summed E-state index contributed by atoms with van der Waals surface area (Å²) >= 11 is 0. The SMILES string of the molecule is [N-]=[N+]=Nc1cccc(CN2CCCC(F)C2)c1. The van der Waals surface area contributed by atoms with Crippen LogP contribution in [0.2, 0.25) is 0 Å². The number of hydrogen-bond donors (Lipinski definition) is 0. The molecule has 1 aliphatic rings. The molecule has 0 aliphatic carbocycles. The zero-order valence-corrected chi connectivity index (χ0v) is 9.59. The van der Waals surface area contributed by atoms with Crippen LogP contribution in [0.1, 0.15) is 18.4 Å². The molecule has 0 amide bonds. The fraction of sp³-hybridized carbons (Fsp3) is 0.500. The Morgan fingerprint density at radius 1 is 1.53 bits per heavy atom. The molecular formula is C12H15FN4. The average Bonchev–Trinajstić information content (AvgIpc) is 2.30. The van der Waals surface area contributed by atoms with Gasteiger partial charge in [-0.15, -0.1) is 0 Å². The van der Waals surface area contributed by atoms with Crippen molar-refractivity contribution in [1.29, 1.82) is 0 Å². The maximum atomic E-state index is 13.2. The molecule has 90 valence electrons. The van der Waals surface area contributed by atoms with Gasteiger partial charge in [0.25, 0.3) is 0 Å². The van der Waals surface area contributed by atoms with E-state index in [0.29, 0.717) is 18.7 Å². The Morgan fingerprint density at radius 3 is 3.18 bits per heavy atom.